The van der Waals surface area contributed by atoms with Crippen molar-refractivity contribution in [1.82, 2.24) is 4.90 Å². The van der Waals surface area contributed by atoms with Crippen molar-refractivity contribution in [3.05, 3.63) is 29.6 Å². The van der Waals surface area contributed by atoms with Gasteiger partial charge in [-0.2, -0.15) is 5.26 Å². The number of nitriles is 1. The molecule has 1 aromatic rings. The molecule has 0 amide bonds. The molecule has 2 saturated heterocycles. The molecule has 3 rings (SSSR count). The van der Waals surface area contributed by atoms with Crippen LogP contribution in [0.25, 0.3) is 0 Å². The smallest absolute Gasteiger partial charge is 0.147 e. The molecule has 24 heavy (non-hydrogen) atoms. The van der Waals surface area contributed by atoms with E-state index < -0.39 is 0 Å². The van der Waals surface area contributed by atoms with Crippen molar-refractivity contribution in [2.45, 2.75) is 18.9 Å². The molecule has 0 N–H and O–H groups in total. The van der Waals surface area contributed by atoms with Gasteiger partial charge in [0.1, 0.15) is 5.82 Å². The number of nitrogens with zero attached hydrogens (tertiary/aromatic N) is 3. The van der Waals surface area contributed by atoms with Gasteiger partial charge in [-0.15, -0.1) is 0 Å². The minimum absolute atomic E-state index is 0.279. The average Bonchev–Trinajstić information content (AvgIpc) is 3.13. The van der Waals surface area contributed by atoms with Gasteiger partial charge in [-0.1, -0.05) is 0 Å². The Morgan fingerprint density at radius 1 is 1.29 bits per heavy atom. The summed E-state index contributed by atoms with van der Waals surface area (Å²) in [6, 6.07) is 6.64. The van der Waals surface area contributed by atoms with E-state index in [1.54, 1.807) is 12.1 Å². The maximum absolute atomic E-state index is 14.1. The van der Waals surface area contributed by atoms with Crippen LogP contribution in [-0.4, -0.2) is 63.5 Å². The van der Waals surface area contributed by atoms with Gasteiger partial charge in [-0.3, -0.25) is 4.90 Å². The zero-order valence-corrected chi connectivity index (χ0v) is 13.9. The lowest BCUT2D eigenvalue weighted by atomic mass is 10.2. The Labute approximate surface area is 142 Å². The van der Waals surface area contributed by atoms with Crippen LogP contribution >= 0.6 is 0 Å². The van der Waals surface area contributed by atoms with Gasteiger partial charge in [0.05, 0.1) is 36.6 Å². The van der Waals surface area contributed by atoms with E-state index in [9.17, 15) is 4.39 Å². The largest absolute Gasteiger partial charge is 0.377 e. The molecule has 0 bridgehead atoms. The Hall–Kier alpha value is -1.68. The molecule has 0 aromatic heterocycles. The van der Waals surface area contributed by atoms with Crippen molar-refractivity contribution < 1.29 is 13.9 Å². The van der Waals surface area contributed by atoms with Gasteiger partial charge in [-0.25, -0.2) is 4.39 Å². The minimum atomic E-state index is -0.317. The first-order valence-electron chi connectivity index (χ1n) is 8.62. The zero-order valence-electron chi connectivity index (χ0n) is 13.9. The quantitative estimate of drug-likeness (QED) is 0.746. The minimum Gasteiger partial charge on any atom is -0.377 e. The molecule has 130 valence electrons. The maximum Gasteiger partial charge on any atom is 0.147 e. The van der Waals surface area contributed by atoms with Crippen LogP contribution in [0.4, 0.5) is 10.1 Å². The van der Waals surface area contributed by atoms with Gasteiger partial charge < -0.3 is 14.4 Å². The van der Waals surface area contributed by atoms with Gasteiger partial charge >= 0.3 is 0 Å². The molecule has 2 heterocycles. The Kier molecular flexibility index (Phi) is 6.02. The van der Waals surface area contributed by atoms with Crippen LogP contribution in [0.2, 0.25) is 0 Å². The van der Waals surface area contributed by atoms with Gasteiger partial charge in [0.15, 0.2) is 0 Å². The van der Waals surface area contributed by atoms with E-state index in [0.29, 0.717) is 24.5 Å². The van der Waals surface area contributed by atoms with Crippen molar-refractivity contribution in [2.75, 3.05) is 57.4 Å². The highest BCUT2D eigenvalue weighted by atomic mass is 19.1. The second kappa shape index (κ2) is 8.43. The number of benzene rings is 1. The number of ether oxygens (including phenoxy) is 2. The monoisotopic (exact) mass is 333 g/mol. The third kappa shape index (κ3) is 4.44. The van der Waals surface area contributed by atoms with Crippen LogP contribution in [0.5, 0.6) is 0 Å². The van der Waals surface area contributed by atoms with Crippen LogP contribution in [0.1, 0.15) is 18.4 Å². The fraction of sp³-hybridized carbons (Fsp3) is 0.611. The number of hydrogen-bond acceptors (Lipinski definition) is 5. The van der Waals surface area contributed by atoms with E-state index >= 15 is 0 Å². The molecule has 0 spiro atoms. The Morgan fingerprint density at radius 2 is 2.12 bits per heavy atom. The molecule has 0 saturated carbocycles. The van der Waals surface area contributed by atoms with Crippen LogP contribution in [0, 0.1) is 17.1 Å². The second-order valence-corrected chi connectivity index (χ2v) is 6.32. The lowest BCUT2D eigenvalue weighted by molar-refractivity contribution is 0.0101. The molecule has 2 aliphatic rings. The fourth-order valence-electron chi connectivity index (χ4n) is 3.23. The Balaban J connectivity index is 1.38. The van der Waals surface area contributed by atoms with E-state index in [1.165, 1.54) is 6.07 Å². The Bertz CT molecular complexity index is 576. The lowest BCUT2D eigenvalue weighted by Gasteiger charge is -2.36. The highest BCUT2D eigenvalue weighted by Gasteiger charge is 2.20. The third-order valence-electron chi connectivity index (χ3n) is 4.67. The number of halogens is 1. The number of rotatable bonds is 6. The van der Waals surface area contributed by atoms with E-state index in [2.05, 4.69) is 4.90 Å². The van der Waals surface area contributed by atoms with Crippen LogP contribution < -0.4 is 4.90 Å². The fourth-order valence-corrected chi connectivity index (χ4v) is 3.23. The van der Waals surface area contributed by atoms with Crippen molar-refractivity contribution in [1.29, 1.82) is 5.26 Å². The second-order valence-electron chi connectivity index (χ2n) is 6.32. The summed E-state index contributed by atoms with van der Waals surface area (Å²) in [7, 11) is 0. The number of piperazine rings is 1. The zero-order chi connectivity index (χ0) is 16.8. The van der Waals surface area contributed by atoms with Crippen LogP contribution in [0.3, 0.4) is 0 Å². The summed E-state index contributed by atoms with van der Waals surface area (Å²) < 4.78 is 25.3. The standard InChI is InChI=1S/C18H24FN3O2/c19-17-12-15(13-20)3-4-18(17)22-7-5-21(6-8-22)9-11-23-14-16-2-1-10-24-16/h3-4,12,16H,1-2,5-11,14H2/t16-/m1/s1. The molecule has 1 aromatic carbocycles. The molecule has 0 radical (unpaired) electrons. The van der Waals surface area contributed by atoms with Crippen LogP contribution in [0.15, 0.2) is 18.2 Å². The van der Waals surface area contributed by atoms with E-state index in [4.69, 9.17) is 14.7 Å². The van der Waals surface area contributed by atoms with Crippen molar-refractivity contribution in [2.24, 2.45) is 0 Å². The summed E-state index contributed by atoms with van der Waals surface area (Å²) in [4.78, 5) is 4.38. The van der Waals surface area contributed by atoms with Crippen molar-refractivity contribution >= 4 is 5.69 Å². The molecule has 0 unspecified atom stereocenters. The van der Waals surface area contributed by atoms with E-state index in [0.717, 1.165) is 52.2 Å². The molecule has 6 heteroatoms. The van der Waals surface area contributed by atoms with Gasteiger partial charge in [0, 0.05) is 39.3 Å². The molecular weight excluding hydrogens is 309 g/mol. The third-order valence-corrected chi connectivity index (χ3v) is 4.67. The molecule has 2 aliphatic heterocycles. The number of hydrogen-bond donors (Lipinski definition) is 0. The maximum atomic E-state index is 14.1. The number of anilines is 1. The molecule has 1 atom stereocenters. The van der Waals surface area contributed by atoms with E-state index in [-0.39, 0.29) is 11.9 Å². The SMILES string of the molecule is N#Cc1ccc(N2CCN(CCOC[C@H]3CCCO3)CC2)c(F)c1. The molecule has 5 nitrogen and oxygen atoms in total. The first kappa shape index (κ1) is 17.2. The lowest BCUT2D eigenvalue weighted by Crippen LogP contribution is -2.47. The summed E-state index contributed by atoms with van der Waals surface area (Å²) >= 11 is 0. The highest BCUT2D eigenvalue weighted by molar-refractivity contribution is 5.51. The van der Waals surface area contributed by atoms with Crippen molar-refractivity contribution in [3.8, 4) is 6.07 Å². The van der Waals surface area contributed by atoms with Crippen LogP contribution in [-0.2, 0) is 9.47 Å². The highest BCUT2D eigenvalue weighted by Crippen LogP contribution is 2.21. The van der Waals surface area contributed by atoms with Crippen molar-refractivity contribution in [3.63, 3.8) is 0 Å². The molecule has 0 aliphatic carbocycles. The predicted molar refractivity (Wildman–Crippen MR) is 89.6 cm³/mol. The van der Waals surface area contributed by atoms with Gasteiger partial charge in [0.25, 0.3) is 0 Å². The summed E-state index contributed by atoms with van der Waals surface area (Å²) in [6.07, 6.45) is 2.53. The van der Waals surface area contributed by atoms with Gasteiger partial charge in [-0.05, 0) is 31.0 Å². The normalized spacial score (nSPS) is 21.8. The first-order valence-corrected chi connectivity index (χ1v) is 8.62. The molecule has 2 fully saturated rings. The summed E-state index contributed by atoms with van der Waals surface area (Å²) in [5, 5.41) is 8.81. The Morgan fingerprint density at radius 3 is 2.79 bits per heavy atom. The summed E-state index contributed by atoms with van der Waals surface area (Å²) in [5.41, 5.74) is 0.946. The van der Waals surface area contributed by atoms with E-state index in [1.807, 2.05) is 11.0 Å². The molecular formula is C18H24FN3O2. The summed E-state index contributed by atoms with van der Waals surface area (Å²) in [6.45, 7) is 6.52. The topological polar surface area (TPSA) is 48.7 Å². The predicted octanol–water partition coefficient (Wildman–Crippen LogP) is 2.01. The summed E-state index contributed by atoms with van der Waals surface area (Å²) in [5.74, 6) is -0.317. The average molecular weight is 333 g/mol. The first-order chi connectivity index (χ1) is 11.8. The van der Waals surface area contributed by atoms with Gasteiger partial charge in [0.2, 0.25) is 0 Å².